The van der Waals surface area contributed by atoms with E-state index in [-0.39, 0.29) is 5.69 Å². The predicted octanol–water partition coefficient (Wildman–Crippen LogP) is 2.70. The van der Waals surface area contributed by atoms with Crippen molar-refractivity contribution in [3.63, 3.8) is 0 Å². The fourth-order valence-corrected chi connectivity index (χ4v) is 2.63. The summed E-state index contributed by atoms with van der Waals surface area (Å²) < 4.78 is 0. The fourth-order valence-electron chi connectivity index (χ4n) is 1.81. The van der Waals surface area contributed by atoms with Crippen LogP contribution in [0.15, 0.2) is 17.6 Å². The second-order valence-corrected chi connectivity index (χ2v) is 5.27. The van der Waals surface area contributed by atoms with Crippen LogP contribution < -0.4 is 4.90 Å². The van der Waals surface area contributed by atoms with Crippen LogP contribution >= 0.6 is 11.3 Å². The van der Waals surface area contributed by atoms with Gasteiger partial charge in [-0.3, -0.25) is 10.1 Å². The maximum absolute atomic E-state index is 10.7. The Morgan fingerprint density at radius 3 is 2.74 bits per heavy atom. The number of anilines is 1. The summed E-state index contributed by atoms with van der Waals surface area (Å²) in [7, 11) is 1.90. The molecule has 19 heavy (non-hydrogen) atoms. The molecule has 0 aliphatic heterocycles. The second kappa shape index (κ2) is 5.31. The zero-order chi connectivity index (χ0) is 14.0. The van der Waals surface area contributed by atoms with E-state index in [2.05, 4.69) is 9.97 Å². The van der Waals surface area contributed by atoms with E-state index in [1.54, 1.807) is 11.3 Å². The Bertz CT molecular complexity index is 612. The quantitative estimate of drug-likeness (QED) is 0.635. The Labute approximate surface area is 114 Å². The zero-order valence-corrected chi connectivity index (χ0v) is 11.8. The van der Waals surface area contributed by atoms with E-state index in [0.29, 0.717) is 6.54 Å². The summed E-state index contributed by atoms with van der Waals surface area (Å²) in [5.74, 6) is 0.735. The number of pyridine rings is 1. The van der Waals surface area contributed by atoms with Gasteiger partial charge in [-0.1, -0.05) is 0 Å². The molecule has 0 aromatic carbocycles. The van der Waals surface area contributed by atoms with Crippen molar-refractivity contribution in [1.82, 2.24) is 9.97 Å². The number of aryl methyl sites for hydroxylation is 2. The predicted molar refractivity (Wildman–Crippen MR) is 74.6 cm³/mol. The highest BCUT2D eigenvalue weighted by atomic mass is 32.1. The van der Waals surface area contributed by atoms with Gasteiger partial charge in [0.2, 0.25) is 0 Å². The lowest BCUT2D eigenvalue weighted by Gasteiger charge is -2.18. The highest BCUT2D eigenvalue weighted by Crippen LogP contribution is 2.22. The van der Waals surface area contributed by atoms with Crippen molar-refractivity contribution in [3.05, 3.63) is 44.0 Å². The van der Waals surface area contributed by atoms with Crippen molar-refractivity contribution in [2.45, 2.75) is 20.4 Å². The van der Waals surface area contributed by atoms with Crippen LogP contribution in [0.4, 0.5) is 11.5 Å². The van der Waals surface area contributed by atoms with Crippen molar-refractivity contribution in [1.29, 1.82) is 0 Å². The molecule has 0 atom stereocenters. The third-order valence-corrected chi connectivity index (χ3v) is 3.60. The largest absolute Gasteiger partial charge is 0.353 e. The number of hydrogen-bond donors (Lipinski definition) is 0. The van der Waals surface area contributed by atoms with Crippen LogP contribution in [0.25, 0.3) is 0 Å². The monoisotopic (exact) mass is 278 g/mol. The molecule has 100 valence electrons. The van der Waals surface area contributed by atoms with Gasteiger partial charge in [0, 0.05) is 24.2 Å². The summed E-state index contributed by atoms with van der Waals surface area (Å²) in [6.07, 6.45) is 1.28. The molecule has 2 heterocycles. The minimum absolute atomic E-state index is 0.0137. The molecule has 0 aliphatic rings. The van der Waals surface area contributed by atoms with Crippen LogP contribution in [0.3, 0.4) is 0 Å². The lowest BCUT2D eigenvalue weighted by molar-refractivity contribution is -0.385. The highest BCUT2D eigenvalue weighted by molar-refractivity contribution is 7.09. The van der Waals surface area contributed by atoms with Gasteiger partial charge in [0.25, 0.3) is 5.69 Å². The van der Waals surface area contributed by atoms with E-state index >= 15 is 0 Å². The lowest BCUT2D eigenvalue weighted by Crippen LogP contribution is -2.18. The second-order valence-electron chi connectivity index (χ2n) is 4.33. The first kappa shape index (κ1) is 13.4. The van der Waals surface area contributed by atoms with Gasteiger partial charge in [0.05, 0.1) is 11.5 Å². The molecule has 0 amide bonds. The average molecular weight is 278 g/mol. The third-order valence-electron chi connectivity index (χ3n) is 2.65. The molecule has 0 spiro atoms. The van der Waals surface area contributed by atoms with Gasteiger partial charge in [-0.2, -0.15) is 0 Å². The molecule has 2 aromatic rings. The van der Waals surface area contributed by atoms with Crippen LogP contribution in [0.5, 0.6) is 0 Å². The van der Waals surface area contributed by atoms with Crippen molar-refractivity contribution in [3.8, 4) is 0 Å². The van der Waals surface area contributed by atoms with Gasteiger partial charge in [0.15, 0.2) is 0 Å². The van der Waals surface area contributed by atoms with E-state index in [0.717, 1.165) is 22.1 Å². The lowest BCUT2D eigenvalue weighted by atomic mass is 10.2. The molecule has 0 unspecified atom stereocenters. The Hall–Kier alpha value is -2.02. The SMILES string of the molecule is Cc1csc(CN(C)c2ncc([N+](=O)[O-])cc2C)n1. The molecule has 6 nitrogen and oxygen atoms in total. The number of aromatic nitrogens is 2. The summed E-state index contributed by atoms with van der Waals surface area (Å²) in [5.41, 5.74) is 1.80. The summed E-state index contributed by atoms with van der Waals surface area (Å²) in [6.45, 7) is 4.42. The zero-order valence-electron chi connectivity index (χ0n) is 11.0. The molecular formula is C12H14N4O2S. The Balaban J connectivity index is 2.19. The van der Waals surface area contributed by atoms with Crippen molar-refractivity contribution in [2.75, 3.05) is 11.9 Å². The van der Waals surface area contributed by atoms with Crippen LogP contribution in [-0.2, 0) is 6.54 Å². The molecule has 0 radical (unpaired) electrons. The number of thiazole rings is 1. The first-order valence-corrected chi connectivity index (χ1v) is 6.58. The first-order valence-electron chi connectivity index (χ1n) is 5.70. The standard InChI is InChI=1S/C12H14N4O2S/c1-8-4-10(16(17)18)5-13-12(8)15(3)6-11-14-9(2)7-19-11/h4-5,7H,6H2,1-3H3. The number of nitrogens with zero attached hydrogens (tertiary/aromatic N) is 4. The molecule has 0 fully saturated rings. The molecule has 0 aliphatic carbocycles. The van der Waals surface area contributed by atoms with Crippen LogP contribution in [0.2, 0.25) is 0 Å². The Morgan fingerprint density at radius 2 is 2.21 bits per heavy atom. The minimum Gasteiger partial charge on any atom is -0.353 e. The van der Waals surface area contributed by atoms with Crippen molar-refractivity contribution < 1.29 is 4.92 Å². The first-order chi connectivity index (χ1) is 8.97. The summed E-state index contributed by atoms with van der Waals surface area (Å²) >= 11 is 1.60. The van der Waals surface area contributed by atoms with Crippen LogP contribution in [-0.4, -0.2) is 21.9 Å². The molecule has 0 saturated heterocycles. The van der Waals surface area contributed by atoms with E-state index in [4.69, 9.17) is 0 Å². The molecule has 7 heteroatoms. The highest BCUT2D eigenvalue weighted by Gasteiger charge is 2.13. The fraction of sp³-hybridized carbons (Fsp3) is 0.333. The molecular weight excluding hydrogens is 264 g/mol. The third kappa shape index (κ3) is 3.05. The van der Waals surface area contributed by atoms with E-state index in [9.17, 15) is 10.1 Å². The molecule has 0 saturated carbocycles. The summed E-state index contributed by atoms with van der Waals surface area (Å²) in [6, 6.07) is 1.53. The van der Waals surface area contributed by atoms with Gasteiger partial charge < -0.3 is 4.90 Å². The average Bonchev–Trinajstić information content (AvgIpc) is 2.74. The molecule has 2 rings (SSSR count). The maximum Gasteiger partial charge on any atom is 0.287 e. The molecule has 0 N–H and O–H groups in total. The summed E-state index contributed by atoms with van der Waals surface area (Å²) in [5, 5.41) is 13.7. The van der Waals surface area contributed by atoms with Crippen molar-refractivity contribution in [2.24, 2.45) is 0 Å². The van der Waals surface area contributed by atoms with E-state index < -0.39 is 4.92 Å². The maximum atomic E-state index is 10.7. The van der Waals surface area contributed by atoms with Gasteiger partial charge >= 0.3 is 0 Å². The minimum atomic E-state index is -0.437. The van der Waals surface area contributed by atoms with Gasteiger partial charge in [-0.05, 0) is 19.4 Å². The Morgan fingerprint density at radius 1 is 1.47 bits per heavy atom. The van der Waals surface area contributed by atoms with E-state index in [1.165, 1.54) is 12.3 Å². The molecule has 2 aromatic heterocycles. The smallest absolute Gasteiger partial charge is 0.287 e. The van der Waals surface area contributed by atoms with Gasteiger partial charge in [0.1, 0.15) is 17.0 Å². The van der Waals surface area contributed by atoms with Crippen molar-refractivity contribution >= 4 is 22.8 Å². The number of hydrogen-bond acceptors (Lipinski definition) is 6. The Kier molecular flexibility index (Phi) is 3.75. The van der Waals surface area contributed by atoms with E-state index in [1.807, 2.05) is 31.2 Å². The molecule has 0 bridgehead atoms. The topological polar surface area (TPSA) is 72.2 Å². The normalized spacial score (nSPS) is 10.5. The van der Waals surface area contributed by atoms with Gasteiger partial charge in [-0.25, -0.2) is 9.97 Å². The van der Waals surface area contributed by atoms with Crippen LogP contribution in [0.1, 0.15) is 16.3 Å². The number of nitro groups is 1. The summed E-state index contributed by atoms with van der Waals surface area (Å²) in [4.78, 5) is 20.7. The number of rotatable bonds is 4. The van der Waals surface area contributed by atoms with Crippen LogP contribution in [0, 0.1) is 24.0 Å². The van der Waals surface area contributed by atoms with Gasteiger partial charge in [-0.15, -0.1) is 11.3 Å².